The molecule has 0 aliphatic carbocycles. The number of nitrogens with one attached hydrogen (secondary N) is 1. The molecular formula is C18H16ClF3N4O4S. The lowest BCUT2D eigenvalue weighted by Crippen LogP contribution is -2.38. The maximum absolute atomic E-state index is 13.7. The summed E-state index contributed by atoms with van der Waals surface area (Å²) in [5, 5.41) is -0.268. The lowest BCUT2D eigenvalue weighted by Gasteiger charge is -2.15. The lowest BCUT2D eigenvalue weighted by atomic mass is 10.1. The maximum atomic E-state index is 13.7. The topological polar surface area (TPSA) is 96.9 Å². The molecule has 8 nitrogen and oxygen atoms in total. The summed E-state index contributed by atoms with van der Waals surface area (Å²) < 4.78 is 72.3. The van der Waals surface area contributed by atoms with Gasteiger partial charge in [0, 0.05) is 36.5 Å². The zero-order chi connectivity index (χ0) is 22.6. The highest BCUT2D eigenvalue weighted by Crippen LogP contribution is 2.37. The summed E-state index contributed by atoms with van der Waals surface area (Å²) in [6.07, 6.45) is 0.589. The fourth-order valence-corrected chi connectivity index (χ4v) is 4.59. The number of sulfonamides is 1. The molecule has 1 fully saturated rings. The number of rotatable bonds is 4. The highest BCUT2D eigenvalue weighted by molar-refractivity contribution is 7.88. The third-order valence-electron chi connectivity index (χ3n) is 4.88. The van der Waals surface area contributed by atoms with Crippen molar-refractivity contribution in [2.75, 3.05) is 19.3 Å². The minimum atomic E-state index is -4.74. The van der Waals surface area contributed by atoms with Gasteiger partial charge in [-0.25, -0.2) is 18.1 Å². The molecule has 1 aliphatic heterocycles. The second-order valence-electron chi connectivity index (χ2n) is 7.22. The lowest BCUT2D eigenvalue weighted by molar-refractivity contribution is -0.136. The number of alkyl halides is 3. The van der Waals surface area contributed by atoms with Gasteiger partial charge in [0.1, 0.15) is 5.15 Å². The Kier molecular flexibility index (Phi) is 5.26. The van der Waals surface area contributed by atoms with Gasteiger partial charge in [-0.3, -0.25) is 9.20 Å². The SMILES string of the molecule is CS(=O)(=O)NC1CCN(C(=O)c2nc3c(C(F)(F)F)cc(-c4ccoc4)cn3c2Cl)C1. The first kappa shape index (κ1) is 21.7. The van der Waals surface area contributed by atoms with E-state index >= 15 is 0 Å². The van der Waals surface area contributed by atoms with Gasteiger partial charge in [-0.15, -0.1) is 0 Å². The number of pyridine rings is 1. The maximum Gasteiger partial charge on any atom is 0.420 e. The Morgan fingerprint density at radius 1 is 1.35 bits per heavy atom. The first-order valence-corrected chi connectivity index (χ1v) is 11.3. The van der Waals surface area contributed by atoms with E-state index in [2.05, 4.69) is 9.71 Å². The van der Waals surface area contributed by atoms with Gasteiger partial charge in [0.05, 0.1) is 24.3 Å². The van der Waals surface area contributed by atoms with Crippen LogP contribution in [0, 0.1) is 0 Å². The Hall–Kier alpha value is -2.57. The van der Waals surface area contributed by atoms with Crippen molar-refractivity contribution in [1.29, 1.82) is 0 Å². The number of halogens is 4. The fraction of sp³-hybridized carbons (Fsp3) is 0.333. The van der Waals surface area contributed by atoms with Crippen molar-refractivity contribution in [2.24, 2.45) is 0 Å². The minimum absolute atomic E-state index is 0.0580. The van der Waals surface area contributed by atoms with Gasteiger partial charge in [-0.2, -0.15) is 13.2 Å². The number of nitrogens with zero attached hydrogens (tertiary/aromatic N) is 3. The molecule has 0 aromatic carbocycles. The van der Waals surface area contributed by atoms with E-state index in [1.807, 2.05) is 0 Å². The van der Waals surface area contributed by atoms with Crippen LogP contribution in [0.1, 0.15) is 22.5 Å². The molecule has 1 aliphatic rings. The normalized spacial score (nSPS) is 17.6. The molecule has 0 radical (unpaired) electrons. The Morgan fingerprint density at radius 2 is 2.10 bits per heavy atom. The summed E-state index contributed by atoms with van der Waals surface area (Å²) in [5.41, 5.74) is -1.30. The molecule has 0 bridgehead atoms. The Balaban J connectivity index is 1.74. The monoisotopic (exact) mass is 476 g/mol. The first-order chi connectivity index (χ1) is 14.4. The summed E-state index contributed by atoms with van der Waals surface area (Å²) in [5.74, 6) is -0.676. The van der Waals surface area contributed by atoms with Crippen molar-refractivity contribution in [3.05, 3.63) is 47.3 Å². The molecular weight excluding hydrogens is 461 g/mol. The summed E-state index contributed by atoms with van der Waals surface area (Å²) >= 11 is 6.28. The van der Waals surface area contributed by atoms with Crippen LogP contribution in [0.3, 0.4) is 0 Å². The van der Waals surface area contributed by atoms with Crippen molar-refractivity contribution in [3.63, 3.8) is 0 Å². The van der Waals surface area contributed by atoms with Crippen LogP contribution in [0.4, 0.5) is 13.2 Å². The number of fused-ring (bicyclic) bond motifs is 1. The molecule has 166 valence electrons. The van der Waals surface area contributed by atoms with Crippen molar-refractivity contribution in [1.82, 2.24) is 19.0 Å². The molecule has 4 rings (SSSR count). The van der Waals surface area contributed by atoms with Gasteiger partial charge in [-0.1, -0.05) is 11.6 Å². The quantitative estimate of drug-likeness (QED) is 0.624. The molecule has 1 saturated heterocycles. The van der Waals surface area contributed by atoms with E-state index in [-0.39, 0.29) is 29.5 Å². The average Bonchev–Trinajstić information content (AvgIpc) is 3.39. The largest absolute Gasteiger partial charge is 0.472 e. The van der Waals surface area contributed by atoms with Crippen molar-refractivity contribution >= 4 is 33.2 Å². The molecule has 31 heavy (non-hydrogen) atoms. The molecule has 1 N–H and O–H groups in total. The average molecular weight is 477 g/mol. The standard InChI is InChI=1S/C18H16ClF3N4O4S/c1-31(28,29)24-12-2-4-25(8-12)17(27)14-15(19)26-7-11(10-3-5-30-9-10)6-13(16(26)23-14)18(20,21)22/h3,5-7,9,12,24H,2,4,8H2,1H3. The third-order valence-corrected chi connectivity index (χ3v) is 6.00. The van der Waals surface area contributed by atoms with Crippen molar-refractivity contribution < 1.29 is 30.8 Å². The number of imidazole rings is 1. The molecule has 1 atom stereocenters. The van der Waals surface area contributed by atoms with Gasteiger partial charge < -0.3 is 9.32 Å². The van der Waals surface area contributed by atoms with Crippen LogP contribution in [-0.4, -0.2) is 54.0 Å². The molecule has 13 heteroatoms. The summed E-state index contributed by atoms with van der Waals surface area (Å²) in [7, 11) is -3.46. The third kappa shape index (κ3) is 4.27. The van der Waals surface area contributed by atoms with Gasteiger partial charge in [0.15, 0.2) is 11.3 Å². The van der Waals surface area contributed by atoms with E-state index in [1.54, 1.807) is 0 Å². The molecule has 4 heterocycles. The van der Waals surface area contributed by atoms with Crippen molar-refractivity contribution in [2.45, 2.75) is 18.6 Å². The number of hydrogen-bond donors (Lipinski definition) is 1. The highest BCUT2D eigenvalue weighted by atomic mass is 35.5. The highest BCUT2D eigenvalue weighted by Gasteiger charge is 2.37. The van der Waals surface area contributed by atoms with Gasteiger partial charge >= 0.3 is 6.18 Å². The summed E-state index contributed by atoms with van der Waals surface area (Å²) in [4.78, 5) is 18.1. The van der Waals surface area contributed by atoms with Crippen LogP contribution in [0.25, 0.3) is 16.8 Å². The second kappa shape index (κ2) is 7.53. The number of hydrogen-bond acceptors (Lipinski definition) is 5. The van der Waals surface area contributed by atoms with Crippen molar-refractivity contribution in [3.8, 4) is 11.1 Å². The van der Waals surface area contributed by atoms with Crippen LogP contribution in [0.2, 0.25) is 5.15 Å². The van der Waals surface area contributed by atoms with E-state index in [1.165, 1.54) is 29.7 Å². The van der Waals surface area contributed by atoms with E-state index in [0.29, 0.717) is 12.0 Å². The first-order valence-electron chi connectivity index (χ1n) is 9.02. The number of furan rings is 1. The summed E-state index contributed by atoms with van der Waals surface area (Å²) in [6, 6.07) is 1.92. The van der Waals surface area contributed by atoms with Crippen LogP contribution in [0.15, 0.2) is 35.3 Å². The number of carbonyl (C=O) groups excluding carboxylic acids is 1. The Labute approximate surface area is 179 Å². The molecule has 3 aromatic rings. The number of aromatic nitrogens is 2. The van der Waals surface area contributed by atoms with E-state index in [4.69, 9.17) is 16.0 Å². The number of likely N-dealkylation sites (tertiary alicyclic amines) is 1. The van der Waals surface area contributed by atoms with Gasteiger partial charge in [0.25, 0.3) is 5.91 Å². The van der Waals surface area contributed by atoms with E-state index in [9.17, 15) is 26.4 Å². The zero-order valence-corrected chi connectivity index (χ0v) is 17.6. The molecule has 1 amide bonds. The second-order valence-corrected chi connectivity index (χ2v) is 9.36. The van der Waals surface area contributed by atoms with Gasteiger partial charge in [0.2, 0.25) is 10.0 Å². The molecule has 3 aromatic heterocycles. The Morgan fingerprint density at radius 3 is 2.71 bits per heavy atom. The zero-order valence-electron chi connectivity index (χ0n) is 16.0. The van der Waals surface area contributed by atoms with E-state index < -0.39 is 39.4 Å². The fourth-order valence-electron chi connectivity index (χ4n) is 3.54. The van der Waals surface area contributed by atoms with Crippen LogP contribution >= 0.6 is 11.6 Å². The molecule has 0 saturated carbocycles. The van der Waals surface area contributed by atoms with Crippen LogP contribution in [-0.2, 0) is 16.2 Å². The smallest absolute Gasteiger partial charge is 0.420 e. The minimum Gasteiger partial charge on any atom is -0.472 e. The van der Waals surface area contributed by atoms with Crippen LogP contribution < -0.4 is 4.72 Å². The predicted octanol–water partition coefficient (Wildman–Crippen LogP) is 3.03. The number of amides is 1. The molecule has 1 unspecified atom stereocenters. The number of carbonyl (C=O) groups is 1. The Bertz CT molecular complexity index is 1260. The summed E-state index contributed by atoms with van der Waals surface area (Å²) in [6.45, 7) is 0.269. The molecule has 0 spiro atoms. The predicted molar refractivity (Wildman–Crippen MR) is 105 cm³/mol. The van der Waals surface area contributed by atoms with Gasteiger partial charge in [-0.05, 0) is 18.6 Å². The van der Waals surface area contributed by atoms with E-state index in [0.717, 1.165) is 16.7 Å². The van der Waals surface area contributed by atoms with Crippen LogP contribution in [0.5, 0.6) is 0 Å².